The maximum absolute atomic E-state index is 6.28. The first-order valence-corrected chi connectivity index (χ1v) is 10.3. The molecule has 3 aromatic rings. The topological polar surface area (TPSA) is 34.5 Å². The molecule has 5 heteroatoms. The first-order valence-electron chi connectivity index (χ1n) is 9.47. The fourth-order valence-electron chi connectivity index (χ4n) is 3.48. The van der Waals surface area contributed by atoms with Gasteiger partial charge in [-0.3, -0.25) is 9.98 Å². The molecule has 3 nitrogen and oxygen atoms in total. The Hall–Kier alpha value is -2.04. The summed E-state index contributed by atoms with van der Waals surface area (Å²) in [5.41, 5.74) is 4.29. The lowest BCUT2D eigenvalue weighted by Gasteiger charge is -2.19. The van der Waals surface area contributed by atoms with Crippen molar-refractivity contribution >= 4 is 47.0 Å². The zero-order chi connectivity index (χ0) is 20.1. The molecule has 0 bridgehead atoms. The Labute approximate surface area is 177 Å². The van der Waals surface area contributed by atoms with Crippen molar-refractivity contribution < 1.29 is 4.74 Å². The number of nitrogens with zero attached hydrogens (tertiary/aromatic N) is 2. The van der Waals surface area contributed by atoms with E-state index in [2.05, 4.69) is 35.6 Å². The maximum atomic E-state index is 6.28. The van der Waals surface area contributed by atoms with Gasteiger partial charge in [0.05, 0.1) is 24.5 Å². The van der Waals surface area contributed by atoms with Crippen molar-refractivity contribution in [3.63, 3.8) is 0 Å². The van der Waals surface area contributed by atoms with Crippen molar-refractivity contribution in [2.45, 2.75) is 38.0 Å². The second-order valence-electron chi connectivity index (χ2n) is 6.85. The second kappa shape index (κ2) is 9.44. The molecule has 0 aliphatic carbocycles. The molecule has 0 aliphatic rings. The van der Waals surface area contributed by atoms with Gasteiger partial charge in [0, 0.05) is 21.5 Å². The monoisotopic (exact) mass is 412 g/mol. The predicted molar refractivity (Wildman–Crippen MR) is 122 cm³/mol. The van der Waals surface area contributed by atoms with Gasteiger partial charge in [0.2, 0.25) is 0 Å². The highest BCUT2D eigenvalue weighted by atomic mass is 35.5. The summed E-state index contributed by atoms with van der Waals surface area (Å²) in [4.78, 5) is 10.1. The number of aliphatic imine (C=N–C) groups is 1. The van der Waals surface area contributed by atoms with Crippen molar-refractivity contribution in [2.75, 3.05) is 7.11 Å². The number of methoxy groups -OCH3 is 1. The Balaban J connectivity index is 1.97. The highest BCUT2D eigenvalue weighted by Crippen LogP contribution is 2.33. The molecule has 0 N–H and O–H groups in total. The van der Waals surface area contributed by atoms with Crippen LogP contribution in [0.2, 0.25) is 5.02 Å². The Morgan fingerprint density at radius 1 is 1.21 bits per heavy atom. The largest absolute Gasteiger partial charge is 0.497 e. The first-order chi connectivity index (χ1) is 13.5. The standard InChI is InChI=1S/C23H25ClN2OS/c1-4-15(10-16-6-8-18(27-3)13-23(16)28)11-19-20-12-17(24)7-9-21(20)26-14-22(19)25-5-2/h5-9,12-15,28H,4,10-11H2,1-3H3. The van der Waals surface area contributed by atoms with Crippen LogP contribution >= 0.6 is 24.2 Å². The molecular formula is C23H25ClN2OS. The Morgan fingerprint density at radius 3 is 2.71 bits per heavy atom. The molecule has 1 heterocycles. The van der Waals surface area contributed by atoms with Crippen LogP contribution in [0, 0.1) is 5.92 Å². The lowest BCUT2D eigenvalue weighted by Crippen LogP contribution is -2.09. The van der Waals surface area contributed by atoms with E-state index in [1.54, 1.807) is 7.11 Å². The van der Waals surface area contributed by atoms with E-state index in [4.69, 9.17) is 16.3 Å². The molecule has 1 unspecified atom stereocenters. The second-order valence-corrected chi connectivity index (χ2v) is 7.77. The molecule has 0 saturated heterocycles. The molecule has 0 spiro atoms. The number of thiol groups is 1. The van der Waals surface area contributed by atoms with Crippen LogP contribution < -0.4 is 4.74 Å². The molecule has 146 valence electrons. The van der Waals surface area contributed by atoms with Gasteiger partial charge in [-0.05, 0) is 67.1 Å². The molecular weight excluding hydrogens is 388 g/mol. The summed E-state index contributed by atoms with van der Waals surface area (Å²) in [5.74, 6) is 1.28. The van der Waals surface area contributed by atoms with E-state index < -0.39 is 0 Å². The summed E-state index contributed by atoms with van der Waals surface area (Å²) >= 11 is 10.9. The van der Waals surface area contributed by atoms with Gasteiger partial charge in [-0.2, -0.15) is 0 Å². The van der Waals surface area contributed by atoms with Crippen LogP contribution in [0.5, 0.6) is 5.75 Å². The number of rotatable bonds is 7. The number of halogens is 1. The number of hydrogen-bond acceptors (Lipinski definition) is 4. The third-order valence-electron chi connectivity index (χ3n) is 5.06. The quantitative estimate of drug-likeness (QED) is 0.345. The summed E-state index contributed by atoms with van der Waals surface area (Å²) in [5, 5.41) is 1.80. The average Bonchev–Trinajstić information content (AvgIpc) is 2.70. The molecule has 0 saturated carbocycles. The van der Waals surface area contributed by atoms with Gasteiger partial charge in [0.1, 0.15) is 5.75 Å². The smallest absolute Gasteiger partial charge is 0.119 e. The molecule has 3 rings (SSSR count). The Bertz CT molecular complexity index is 1000. The van der Waals surface area contributed by atoms with Gasteiger partial charge in [-0.25, -0.2) is 0 Å². The average molecular weight is 413 g/mol. The molecule has 0 fully saturated rings. The highest BCUT2D eigenvalue weighted by molar-refractivity contribution is 7.80. The minimum absolute atomic E-state index is 0.453. The normalized spacial score (nSPS) is 12.6. The number of benzene rings is 2. The molecule has 0 aliphatic heterocycles. The van der Waals surface area contributed by atoms with E-state index >= 15 is 0 Å². The summed E-state index contributed by atoms with van der Waals surface area (Å²) in [6.45, 7) is 4.15. The van der Waals surface area contributed by atoms with E-state index in [1.807, 2.05) is 49.7 Å². The number of fused-ring (bicyclic) bond motifs is 1. The van der Waals surface area contributed by atoms with E-state index in [0.717, 1.165) is 46.5 Å². The van der Waals surface area contributed by atoms with Crippen molar-refractivity contribution in [3.05, 3.63) is 58.7 Å². The van der Waals surface area contributed by atoms with Crippen LogP contribution in [0.25, 0.3) is 10.9 Å². The summed E-state index contributed by atoms with van der Waals surface area (Å²) in [7, 11) is 1.67. The van der Waals surface area contributed by atoms with E-state index in [0.29, 0.717) is 10.9 Å². The zero-order valence-electron chi connectivity index (χ0n) is 16.4. The minimum atomic E-state index is 0.453. The van der Waals surface area contributed by atoms with Crippen molar-refractivity contribution in [1.29, 1.82) is 0 Å². The van der Waals surface area contributed by atoms with Crippen LogP contribution in [0.4, 0.5) is 5.69 Å². The number of pyridine rings is 1. The molecule has 1 atom stereocenters. The zero-order valence-corrected chi connectivity index (χ0v) is 18.1. The molecule has 1 aromatic heterocycles. The van der Waals surface area contributed by atoms with Crippen LogP contribution in [0.15, 0.2) is 52.5 Å². The van der Waals surface area contributed by atoms with Crippen molar-refractivity contribution in [3.8, 4) is 5.75 Å². The highest BCUT2D eigenvalue weighted by Gasteiger charge is 2.16. The Morgan fingerprint density at radius 2 is 2.04 bits per heavy atom. The SMILES string of the molecule is CC=Nc1cnc2ccc(Cl)cc2c1CC(CC)Cc1ccc(OC)cc1S. The van der Waals surface area contributed by atoms with Crippen LogP contribution in [0.1, 0.15) is 31.4 Å². The maximum Gasteiger partial charge on any atom is 0.119 e. The van der Waals surface area contributed by atoms with E-state index in [1.165, 1.54) is 11.1 Å². The van der Waals surface area contributed by atoms with Gasteiger partial charge in [0.15, 0.2) is 0 Å². The number of hydrogen-bond donors (Lipinski definition) is 1. The van der Waals surface area contributed by atoms with Gasteiger partial charge in [-0.15, -0.1) is 12.6 Å². The number of aromatic nitrogens is 1. The van der Waals surface area contributed by atoms with Crippen LogP contribution in [0.3, 0.4) is 0 Å². The van der Waals surface area contributed by atoms with E-state index in [-0.39, 0.29) is 0 Å². The molecule has 2 aromatic carbocycles. The van der Waals surface area contributed by atoms with E-state index in [9.17, 15) is 0 Å². The third-order valence-corrected chi connectivity index (χ3v) is 5.71. The van der Waals surface area contributed by atoms with Crippen LogP contribution in [-0.2, 0) is 12.8 Å². The lowest BCUT2D eigenvalue weighted by molar-refractivity contribution is 0.413. The molecule has 28 heavy (non-hydrogen) atoms. The summed E-state index contributed by atoms with van der Waals surface area (Å²) < 4.78 is 5.29. The van der Waals surface area contributed by atoms with Crippen molar-refractivity contribution in [2.24, 2.45) is 10.9 Å². The lowest BCUT2D eigenvalue weighted by atomic mass is 9.88. The van der Waals surface area contributed by atoms with Crippen LogP contribution in [-0.4, -0.2) is 18.3 Å². The minimum Gasteiger partial charge on any atom is -0.497 e. The van der Waals surface area contributed by atoms with Gasteiger partial charge < -0.3 is 4.74 Å². The fraction of sp³-hybridized carbons (Fsp3) is 0.304. The molecule has 0 radical (unpaired) electrons. The summed E-state index contributed by atoms with van der Waals surface area (Å²) in [6, 6.07) is 11.9. The van der Waals surface area contributed by atoms with Gasteiger partial charge in [0.25, 0.3) is 0 Å². The van der Waals surface area contributed by atoms with Gasteiger partial charge >= 0.3 is 0 Å². The Kier molecular flexibility index (Phi) is 6.97. The first kappa shape index (κ1) is 20.7. The fourth-order valence-corrected chi connectivity index (χ4v) is 3.94. The van der Waals surface area contributed by atoms with Crippen molar-refractivity contribution in [1.82, 2.24) is 4.98 Å². The molecule has 0 amide bonds. The van der Waals surface area contributed by atoms with Gasteiger partial charge in [-0.1, -0.05) is 31.0 Å². The number of ether oxygens (including phenoxy) is 1. The third kappa shape index (κ3) is 4.68. The predicted octanol–water partition coefficient (Wildman–Crippen LogP) is 6.72. The summed E-state index contributed by atoms with van der Waals surface area (Å²) in [6.07, 6.45) is 6.57.